The van der Waals surface area contributed by atoms with Crippen molar-refractivity contribution in [2.24, 2.45) is 0 Å². The smallest absolute Gasteiger partial charge is 0.265 e. The van der Waals surface area contributed by atoms with E-state index in [1.165, 1.54) is 12.1 Å². The molecule has 0 saturated carbocycles. The Morgan fingerprint density at radius 2 is 2.00 bits per heavy atom. The van der Waals surface area contributed by atoms with Crippen molar-refractivity contribution in [2.45, 2.75) is 6.54 Å². The number of halogens is 1. The van der Waals surface area contributed by atoms with Crippen LogP contribution in [0.1, 0.15) is 15.4 Å². The molecule has 7 heteroatoms. The van der Waals surface area contributed by atoms with Crippen molar-refractivity contribution in [1.82, 2.24) is 19.9 Å². The Morgan fingerprint density at radius 3 is 2.73 bits per heavy atom. The normalized spacial score (nSPS) is 10.4. The minimum absolute atomic E-state index is 0.278. The molecule has 1 amide bonds. The molecule has 22 heavy (non-hydrogen) atoms. The summed E-state index contributed by atoms with van der Waals surface area (Å²) < 4.78 is 16.8. The van der Waals surface area contributed by atoms with E-state index in [9.17, 15) is 9.18 Å². The van der Waals surface area contributed by atoms with Gasteiger partial charge >= 0.3 is 0 Å². The predicted molar refractivity (Wildman–Crippen MR) is 80.7 cm³/mol. The molecule has 0 aliphatic rings. The third-order valence-electron chi connectivity index (χ3n) is 2.97. The lowest BCUT2D eigenvalue weighted by Gasteiger charge is -2.04. The summed E-state index contributed by atoms with van der Waals surface area (Å²) in [6, 6.07) is 11.3. The molecule has 2 heterocycles. The number of hydrogen-bond acceptors (Lipinski definition) is 5. The van der Waals surface area contributed by atoms with Crippen molar-refractivity contribution < 1.29 is 9.18 Å². The molecular weight excluding hydrogens is 303 g/mol. The first-order valence-corrected chi connectivity index (χ1v) is 7.28. The van der Waals surface area contributed by atoms with Gasteiger partial charge in [0.15, 0.2) is 0 Å². The maximum Gasteiger partial charge on any atom is 0.265 e. The molecule has 0 saturated heterocycles. The SMILES string of the molecule is O=C(NCc1ccccn1)c1snnc1-c1ccc(F)cc1. The second-order valence-corrected chi connectivity index (χ2v) is 5.22. The Balaban J connectivity index is 1.76. The molecule has 3 rings (SSSR count). The van der Waals surface area contributed by atoms with Crippen molar-refractivity contribution in [1.29, 1.82) is 0 Å². The standard InChI is InChI=1S/C15H11FN4OS/c16-11-6-4-10(5-7-11)13-14(22-20-19-13)15(21)18-9-12-3-1-2-8-17-12/h1-8H,9H2,(H,18,21). The molecule has 3 aromatic rings. The van der Waals surface area contributed by atoms with Gasteiger partial charge in [-0.05, 0) is 47.9 Å². The molecule has 5 nitrogen and oxygen atoms in total. The molecule has 0 atom stereocenters. The quantitative estimate of drug-likeness (QED) is 0.804. The van der Waals surface area contributed by atoms with Crippen LogP contribution in [0.15, 0.2) is 48.7 Å². The summed E-state index contributed by atoms with van der Waals surface area (Å²) in [5, 5.41) is 6.74. The molecule has 110 valence electrons. The van der Waals surface area contributed by atoms with Gasteiger partial charge in [0, 0.05) is 11.8 Å². The number of pyridine rings is 1. The largest absolute Gasteiger partial charge is 0.346 e. The lowest BCUT2D eigenvalue weighted by atomic mass is 10.1. The van der Waals surface area contributed by atoms with E-state index in [2.05, 4.69) is 19.9 Å². The van der Waals surface area contributed by atoms with Crippen molar-refractivity contribution in [3.05, 3.63) is 65.0 Å². The molecule has 0 aliphatic heterocycles. The molecule has 0 radical (unpaired) electrons. The van der Waals surface area contributed by atoms with Gasteiger partial charge in [0.2, 0.25) is 0 Å². The van der Waals surface area contributed by atoms with Crippen LogP contribution in [0, 0.1) is 5.82 Å². The van der Waals surface area contributed by atoms with Gasteiger partial charge < -0.3 is 5.32 Å². The average molecular weight is 314 g/mol. The summed E-state index contributed by atoms with van der Waals surface area (Å²) in [6.45, 7) is 0.320. The van der Waals surface area contributed by atoms with Gasteiger partial charge in [-0.3, -0.25) is 9.78 Å². The zero-order valence-electron chi connectivity index (χ0n) is 11.4. The highest BCUT2D eigenvalue weighted by molar-refractivity contribution is 7.08. The van der Waals surface area contributed by atoms with E-state index in [0.29, 0.717) is 22.7 Å². The predicted octanol–water partition coefficient (Wildman–Crippen LogP) is 2.67. The van der Waals surface area contributed by atoms with Gasteiger partial charge in [0.25, 0.3) is 5.91 Å². The fourth-order valence-corrected chi connectivity index (χ4v) is 2.49. The summed E-state index contributed by atoms with van der Waals surface area (Å²) >= 11 is 1.00. The Morgan fingerprint density at radius 1 is 1.18 bits per heavy atom. The van der Waals surface area contributed by atoms with Crippen LogP contribution in [0.3, 0.4) is 0 Å². The monoisotopic (exact) mass is 314 g/mol. The molecule has 2 aromatic heterocycles. The van der Waals surface area contributed by atoms with Crippen molar-refractivity contribution in [2.75, 3.05) is 0 Å². The summed E-state index contributed by atoms with van der Waals surface area (Å²) in [7, 11) is 0. The van der Waals surface area contributed by atoms with Gasteiger partial charge in [-0.25, -0.2) is 4.39 Å². The van der Waals surface area contributed by atoms with Gasteiger partial charge in [0.1, 0.15) is 16.4 Å². The fourth-order valence-electron chi connectivity index (χ4n) is 1.89. The highest BCUT2D eigenvalue weighted by atomic mass is 32.1. The van der Waals surface area contributed by atoms with Gasteiger partial charge in [-0.15, -0.1) is 5.10 Å². The third-order valence-corrected chi connectivity index (χ3v) is 3.69. The maximum atomic E-state index is 13.0. The molecule has 0 spiro atoms. The highest BCUT2D eigenvalue weighted by Gasteiger charge is 2.17. The van der Waals surface area contributed by atoms with Crippen molar-refractivity contribution in [3.63, 3.8) is 0 Å². The second kappa shape index (κ2) is 6.40. The number of aromatic nitrogens is 3. The third kappa shape index (κ3) is 3.15. The van der Waals surface area contributed by atoms with Gasteiger partial charge in [-0.1, -0.05) is 10.6 Å². The second-order valence-electron chi connectivity index (χ2n) is 4.46. The lowest BCUT2D eigenvalue weighted by Crippen LogP contribution is -2.22. The fraction of sp³-hybridized carbons (Fsp3) is 0.0667. The number of carbonyl (C=O) groups is 1. The average Bonchev–Trinajstić information content (AvgIpc) is 3.04. The van der Waals surface area contributed by atoms with Crippen LogP contribution in [0.5, 0.6) is 0 Å². The number of hydrogen-bond donors (Lipinski definition) is 1. The molecule has 1 aromatic carbocycles. The molecule has 1 N–H and O–H groups in total. The maximum absolute atomic E-state index is 13.0. The summed E-state index contributed by atoms with van der Waals surface area (Å²) in [5.74, 6) is -0.618. The number of nitrogens with one attached hydrogen (secondary N) is 1. The van der Waals surface area contributed by atoms with Gasteiger partial charge in [0.05, 0.1) is 12.2 Å². The molecular formula is C15H11FN4OS. The Hall–Kier alpha value is -2.67. The number of nitrogens with zero attached hydrogens (tertiary/aromatic N) is 3. The minimum Gasteiger partial charge on any atom is -0.346 e. The van der Waals surface area contributed by atoms with E-state index in [4.69, 9.17) is 0 Å². The first kappa shape index (κ1) is 14.3. The molecule has 0 fully saturated rings. The Labute approximate surface area is 130 Å². The zero-order valence-corrected chi connectivity index (χ0v) is 12.2. The van der Waals surface area contributed by atoms with E-state index in [-0.39, 0.29) is 11.7 Å². The first-order chi connectivity index (χ1) is 10.7. The number of amides is 1. The zero-order chi connectivity index (χ0) is 15.4. The topological polar surface area (TPSA) is 67.8 Å². The van der Waals surface area contributed by atoms with E-state index in [1.54, 1.807) is 18.3 Å². The first-order valence-electron chi connectivity index (χ1n) is 6.50. The summed E-state index contributed by atoms with van der Waals surface area (Å²) in [5.41, 5.74) is 1.86. The van der Waals surface area contributed by atoms with Crippen LogP contribution in [0.2, 0.25) is 0 Å². The number of rotatable bonds is 4. The Bertz CT molecular complexity index is 774. The number of benzene rings is 1. The lowest BCUT2D eigenvalue weighted by molar-refractivity contribution is 0.0955. The van der Waals surface area contributed by atoms with Crippen LogP contribution in [-0.2, 0) is 6.54 Å². The number of carbonyl (C=O) groups excluding carboxylic acids is 1. The van der Waals surface area contributed by atoms with Crippen molar-refractivity contribution in [3.8, 4) is 11.3 Å². The highest BCUT2D eigenvalue weighted by Crippen LogP contribution is 2.24. The van der Waals surface area contributed by atoms with Crippen LogP contribution in [-0.4, -0.2) is 20.5 Å². The van der Waals surface area contributed by atoms with Crippen LogP contribution in [0.4, 0.5) is 4.39 Å². The van der Waals surface area contributed by atoms with Crippen LogP contribution < -0.4 is 5.32 Å². The van der Waals surface area contributed by atoms with E-state index >= 15 is 0 Å². The van der Waals surface area contributed by atoms with Crippen molar-refractivity contribution >= 4 is 17.4 Å². The molecule has 0 unspecified atom stereocenters. The summed E-state index contributed by atoms with van der Waals surface area (Å²) in [4.78, 5) is 16.8. The Kier molecular flexibility index (Phi) is 4.15. The summed E-state index contributed by atoms with van der Waals surface area (Å²) in [6.07, 6.45) is 1.67. The van der Waals surface area contributed by atoms with E-state index in [0.717, 1.165) is 17.2 Å². The van der Waals surface area contributed by atoms with E-state index < -0.39 is 0 Å². The molecule has 0 aliphatic carbocycles. The molecule has 0 bridgehead atoms. The minimum atomic E-state index is -0.340. The van der Waals surface area contributed by atoms with E-state index in [1.807, 2.05) is 18.2 Å². The van der Waals surface area contributed by atoms with Gasteiger partial charge in [-0.2, -0.15) is 0 Å². The van der Waals surface area contributed by atoms with Crippen LogP contribution >= 0.6 is 11.5 Å². The van der Waals surface area contributed by atoms with Crippen LogP contribution in [0.25, 0.3) is 11.3 Å².